The molecule has 0 saturated heterocycles. The largest absolute Gasteiger partial charge is 0.352 e. The summed E-state index contributed by atoms with van der Waals surface area (Å²) in [6.45, 7) is 2.80. The van der Waals surface area contributed by atoms with Crippen molar-refractivity contribution >= 4 is 56.5 Å². The van der Waals surface area contributed by atoms with Gasteiger partial charge in [0.1, 0.15) is 5.69 Å². The lowest BCUT2D eigenvalue weighted by molar-refractivity contribution is -0.136. The third kappa shape index (κ3) is 6.76. The maximum atomic E-state index is 13.8. The number of amides is 3. The third-order valence-electron chi connectivity index (χ3n) is 10.4. The van der Waals surface area contributed by atoms with E-state index in [9.17, 15) is 19.2 Å². The van der Waals surface area contributed by atoms with Gasteiger partial charge in [0.2, 0.25) is 11.8 Å². The van der Waals surface area contributed by atoms with Crippen LogP contribution in [0.1, 0.15) is 64.2 Å². The van der Waals surface area contributed by atoms with Crippen molar-refractivity contribution in [2.24, 2.45) is 11.8 Å². The van der Waals surface area contributed by atoms with Crippen LogP contribution in [0.25, 0.3) is 33.0 Å². The number of rotatable bonds is 8. The van der Waals surface area contributed by atoms with Crippen molar-refractivity contribution in [2.45, 2.75) is 32.1 Å². The van der Waals surface area contributed by atoms with Crippen LogP contribution in [0.3, 0.4) is 0 Å². The zero-order valence-electron chi connectivity index (χ0n) is 29.4. The van der Waals surface area contributed by atoms with Crippen LogP contribution in [-0.4, -0.2) is 114 Å². The summed E-state index contributed by atoms with van der Waals surface area (Å²) in [6.07, 6.45) is 8.06. The molecular formula is C40H46N6O4. The van der Waals surface area contributed by atoms with E-state index in [0.29, 0.717) is 50.5 Å². The Morgan fingerprint density at radius 2 is 1.20 bits per heavy atom. The molecule has 0 unspecified atom stereocenters. The van der Waals surface area contributed by atoms with Crippen LogP contribution in [0.4, 0.5) is 0 Å². The highest BCUT2D eigenvalue weighted by molar-refractivity contribution is 6.01. The summed E-state index contributed by atoms with van der Waals surface area (Å²) in [5.41, 5.74) is 7.28. The van der Waals surface area contributed by atoms with Crippen molar-refractivity contribution in [2.75, 3.05) is 60.9 Å². The van der Waals surface area contributed by atoms with Crippen LogP contribution in [0.2, 0.25) is 0 Å². The first kappa shape index (κ1) is 33.5. The molecule has 10 nitrogen and oxygen atoms in total. The number of ketones is 1. The molecule has 260 valence electrons. The van der Waals surface area contributed by atoms with E-state index in [1.165, 1.54) is 0 Å². The van der Waals surface area contributed by atoms with Gasteiger partial charge in [0.15, 0.2) is 5.78 Å². The Morgan fingerprint density at radius 3 is 1.70 bits per heavy atom. The van der Waals surface area contributed by atoms with Crippen molar-refractivity contribution in [3.05, 3.63) is 83.2 Å². The second kappa shape index (κ2) is 13.7. The molecule has 2 N–H and O–H groups in total. The molecule has 2 aromatic heterocycles. The van der Waals surface area contributed by atoms with E-state index in [1.54, 1.807) is 19.0 Å². The first-order valence-corrected chi connectivity index (χ1v) is 17.7. The fraction of sp³-hybridized carbons (Fsp3) is 0.400. The molecule has 4 aromatic rings. The molecule has 0 radical (unpaired) electrons. The Morgan fingerprint density at radius 1 is 0.700 bits per heavy atom. The van der Waals surface area contributed by atoms with Crippen LogP contribution in [0, 0.1) is 11.8 Å². The molecule has 1 saturated carbocycles. The average Bonchev–Trinajstić information content (AvgIpc) is 3.88. The molecule has 2 aliphatic heterocycles. The predicted molar refractivity (Wildman–Crippen MR) is 197 cm³/mol. The number of Topliss-reactive ketones (excluding diaryl/α,β-unsaturated/α-hetero) is 1. The minimum Gasteiger partial charge on any atom is -0.352 e. The molecule has 10 heteroatoms. The van der Waals surface area contributed by atoms with Gasteiger partial charge in [-0.2, -0.15) is 0 Å². The summed E-state index contributed by atoms with van der Waals surface area (Å²) in [7, 11) is 7.24. The summed E-state index contributed by atoms with van der Waals surface area (Å²) >= 11 is 0. The number of nitrogens with zero attached hydrogens (tertiary/aromatic N) is 4. The molecule has 0 bridgehead atoms. The summed E-state index contributed by atoms with van der Waals surface area (Å²) in [5, 5.41) is 1.97. The molecule has 2 aromatic carbocycles. The van der Waals surface area contributed by atoms with Gasteiger partial charge < -0.3 is 29.6 Å². The van der Waals surface area contributed by atoms with E-state index in [2.05, 4.69) is 46.4 Å². The highest BCUT2D eigenvalue weighted by Gasteiger charge is 2.38. The maximum Gasteiger partial charge on any atom is 0.269 e. The Kier molecular flexibility index (Phi) is 9.22. The summed E-state index contributed by atoms with van der Waals surface area (Å²) in [6, 6.07) is 16.1. The van der Waals surface area contributed by atoms with Gasteiger partial charge in [0, 0.05) is 73.9 Å². The number of H-pyrrole nitrogens is 2. The van der Waals surface area contributed by atoms with Crippen LogP contribution < -0.4 is 0 Å². The zero-order chi connectivity index (χ0) is 35.1. The molecule has 3 amide bonds. The Balaban J connectivity index is 0.963. The van der Waals surface area contributed by atoms with Crippen LogP contribution in [-0.2, 0) is 9.59 Å². The number of aromatic amines is 2. The van der Waals surface area contributed by atoms with Crippen molar-refractivity contribution < 1.29 is 19.2 Å². The summed E-state index contributed by atoms with van der Waals surface area (Å²) in [5.74, 6) is -0.0143. The van der Waals surface area contributed by atoms with Gasteiger partial charge in [-0.3, -0.25) is 19.2 Å². The monoisotopic (exact) mass is 674 g/mol. The van der Waals surface area contributed by atoms with Crippen LogP contribution in [0.15, 0.2) is 60.7 Å². The minimum atomic E-state index is -0.145. The van der Waals surface area contributed by atoms with Gasteiger partial charge in [0.05, 0.1) is 12.2 Å². The average molecular weight is 675 g/mol. The number of nitrogens with one attached hydrogen (secondary N) is 2. The molecular weight excluding hydrogens is 628 g/mol. The normalized spacial score (nSPS) is 19.6. The molecule has 4 heterocycles. The SMILES string of the molecule is CN(C)CC(=O)c1cc2ccc(C3=CCCN(C(=O)[C@H]4CC[C@@H](C(=O)N5CCC=C(c6ccc7cc(C(=O)N(C)C)[nH]c7c6)C5)C4)C3)cc2[nH]1. The molecule has 3 aliphatic rings. The van der Waals surface area contributed by atoms with Crippen molar-refractivity contribution in [1.82, 2.24) is 29.6 Å². The van der Waals surface area contributed by atoms with Crippen LogP contribution >= 0.6 is 0 Å². The van der Waals surface area contributed by atoms with Crippen molar-refractivity contribution in [1.29, 1.82) is 0 Å². The zero-order valence-corrected chi connectivity index (χ0v) is 29.4. The fourth-order valence-corrected chi connectivity index (χ4v) is 7.76. The molecule has 1 fully saturated rings. The van der Waals surface area contributed by atoms with E-state index in [1.807, 2.05) is 53.1 Å². The second-order valence-corrected chi connectivity index (χ2v) is 14.6. The number of hydrogen-bond acceptors (Lipinski definition) is 5. The number of carbonyl (C=O) groups is 4. The number of aromatic nitrogens is 2. The first-order valence-electron chi connectivity index (χ1n) is 17.7. The van der Waals surface area contributed by atoms with Crippen LogP contribution in [0.5, 0.6) is 0 Å². The van der Waals surface area contributed by atoms with Crippen molar-refractivity contribution in [3.8, 4) is 0 Å². The molecule has 50 heavy (non-hydrogen) atoms. The van der Waals surface area contributed by atoms with E-state index in [4.69, 9.17) is 0 Å². The van der Waals surface area contributed by atoms with Gasteiger partial charge in [0.25, 0.3) is 5.91 Å². The lowest BCUT2D eigenvalue weighted by Gasteiger charge is -2.31. The summed E-state index contributed by atoms with van der Waals surface area (Å²) < 4.78 is 0. The van der Waals surface area contributed by atoms with Gasteiger partial charge in [-0.25, -0.2) is 0 Å². The molecule has 2 atom stereocenters. The molecule has 7 rings (SSSR count). The predicted octanol–water partition coefficient (Wildman–Crippen LogP) is 5.44. The van der Waals surface area contributed by atoms with Gasteiger partial charge >= 0.3 is 0 Å². The molecule has 1 aliphatic carbocycles. The number of carbonyl (C=O) groups excluding carboxylic acids is 4. The quantitative estimate of drug-likeness (QED) is 0.242. The van der Waals surface area contributed by atoms with E-state index in [0.717, 1.165) is 69.8 Å². The number of fused-ring (bicyclic) bond motifs is 2. The lowest BCUT2D eigenvalue weighted by atomic mass is 9.96. The van der Waals surface area contributed by atoms with Gasteiger partial charge in [-0.1, -0.05) is 36.4 Å². The topological polar surface area (TPSA) is 113 Å². The summed E-state index contributed by atoms with van der Waals surface area (Å²) in [4.78, 5) is 66.6. The highest BCUT2D eigenvalue weighted by Crippen LogP contribution is 2.36. The Hall–Kier alpha value is -4.96. The fourth-order valence-electron chi connectivity index (χ4n) is 7.76. The van der Waals surface area contributed by atoms with E-state index >= 15 is 0 Å². The number of hydrogen-bond donors (Lipinski definition) is 2. The van der Waals surface area contributed by atoms with E-state index < -0.39 is 0 Å². The standard InChI is InChI=1S/C40H46N6O4/c1-43(2)24-37(47)35-20-27-11-9-25(18-33(27)41-35)31-7-5-15-45(22-31)38(48)29-13-14-30(17-29)39(49)46-16-6-8-32(23-46)26-10-12-28-21-36(40(50)44(3)4)42-34(28)19-26/h7-12,18-21,29-30,41-42H,5-6,13-17,22-24H2,1-4H3/t29-,30+/m0/s1. The van der Waals surface area contributed by atoms with Crippen molar-refractivity contribution in [3.63, 3.8) is 0 Å². The highest BCUT2D eigenvalue weighted by atomic mass is 16.2. The smallest absolute Gasteiger partial charge is 0.269 e. The number of likely N-dealkylation sites (N-methyl/N-ethyl adjacent to an activating group) is 1. The molecule has 0 spiro atoms. The Bertz CT molecular complexity index is 2050. The third-order valence-corrected chi connectivity index (χ3v) is 10.4. The lowest BCUT2D eigenvalue weighted by Crippen LogP contribution is -2.40. The Labute approximate surface area is 292 Å². The van der Waals surface area contributed by atoms with Gasteiger partial charge in [-0.15, -0.1) is 0 Å². The van der Waals surface area contributed by atoms with Gasteiger partial charge in [-0.05, 0) is 92.7 Å². The minimum absolute atomic E-state index is 0.0512. The first-order chi connectivity index (χ1) is 24.0. The number of benzene rings is 2. The maximum absolute atomic E-state index is 13.8. The second-order valence-electron chi connectivity index (χ2n) is 14.6. The van der Waals surface area contributed by atoms with E-state index in [-0.39, 0.29) is 35.3 Å².